The number of hydrogen-bond donors (Lipinski definition) is 2. The second-order valence-electron chi connectivity index (χ2n) is 6.67. The monoisotopic (exact) mass is 305 g/mol. The van der Waals surface area contributed by atoms with Crippen LogP contribution in [-0.2, 0) is 4.79 Å². The number of aromatic amines is 1. The maximum atomic E-state index is 12.5. The quantitative estimate of drug-likeness (QED) is 0.897. The van der Waals surface area contributed by atoms with Crippen LogP contribution in [0.5, 0.6) is 0 Å². The number of carbonyl (C=O) groups is 2. The number of aryl methyl sites for hydroxylation is 2. The van der Waals surface area contributed by atoms with E-state index in [2.05, 4.69) is 10.3 Å². The molecule has 0 bridgehead atoms. The van der Waals surface area contributed by atoms with Crippen LogP contribution in [0, 0.1) is 19.8 Å². The van der Waals surface area contributed by atoms with Crippen LogP contribution in [0.1, 0.15) is 54.9 Å². The molecule has 2 rings (SSSR count). The lowest BCUT2D eigenvalue weighted by molar-refractivity contribution is -0.122. The Morgan fingerprint density at radius 3 is 2.45 bits per heavy atom. The largest absolute Gasteiger partial charge is 0.354 e. The number of aromatic nitrogens is 1. The van der Waals surface area contributed by atoms with Crippen LogP contribution in [0.3, 0.4) is 0 Å². The van der Waals surface area contributed by atoms with E-state index in [1.54, 1.807) is 0 Å². The molecule has 1 saturated heterocycles. The van der Waals surface area contributed by atoms with Gasteiger partial charge in [0.05, 0.1) is 0 Å². The zero-order chi connectivity index (χ0) is 16.3. The van der Waals surface area contributed by atoms with Gasteiger partial charge in [0.1, 0.15) is 5.69 Å². The molecule has 0 spiro atoms. The summed E-state index contributed by atoms with van der Waals surface area (Å²) >= 11 is 0. The molecule has 0 unspecified atom stereocenters. The van der Waals surface area contributed by atoms with Gasteiger partial charge >= 0.3 is 0 Å². The molecule has 1 aromatic heterocycles. The summed E-state index contributed by atoms with van der Waals surface area (Å²) in [7, 11) is 0. The number of H-pyrrole nitrogens is 1. The van der Waals surface area contributed by atoms with Gasteiger partial charge in [0.2, 0.25) is 5.91 Å². The van der Waals surface area contributed by atoms with E-state index in [-0.39, 0.29) is 17.9 Å². The molecule has 122 valence electrons. The molecule has 2 N–H and O–H groups in total. The van der Waals surface area contributed by atoms with E-state index in [0.29, 0.717) is 18.0 Å². The van der Waals surface area contributed by atoms with Gasteiger partial charge in [0.25, 0.3) is 5.91 Å². The summed E-state index contributed by atoms with van der Waals surface area (Å²) in [5.74, 6) is 0.584. The standard InChI is InChI=1S/C17H27N3O2/c1-11(2)18-15(21)10-14-5-7-20(8-6-14)17(22)16-12(3)9-13(4)19-16/h9,11,14,19H,5-8,10H2,1-4H3,(H,18,21). The first-order chi connectivity index (χ1) is 10.4. The molecule has 0 atom stereocenters. The summed E-state index contributed by atoms with van der Waals surface area (Å²) in [5, 5.41) is 2.94. The SMILES string of the molecule is Cc1cc(C)c(C(=O)N2CCC(CC(=O)NC(C)C)CC2)[nH]1. The minimum absolute atomic E-state index is 0.0793. The molecule has 0 radical (unpaired) electrons. The average Bonchev–Trinajstić information content (AvgIpc) is 2.77. The Morgan fingerprint density at radius 2 is 1.95 bits per heavy atom. The smallest absolute Gasteiger partial charge is 0.270 e. The Hall–Kier alpha value is -1.78. The van der Waals surface area contributed by atoms with Crippen LogP contribution < -0.4 is 5.32 Å². The maximum Gasteiger partial charge on any atom is 0.270 e. The van der Waals surface area contributed by atoms with Crippen LogP contribution in [-0.4, -0.2) is 40.8 Å². The van der Waals surface area contributed by atoms with Gasteiger partial charge in [0, 0.05) is 31.2 Å². The number of amides is 2. The Balaban J connectivity index is 1.85. The molecule has 1 fully saturated rings. The first-order valence-electron chi connectivity index (χ1n) is 8.11. The number of nitrogens with one attached hydrogen (secondary N) is 2. The van der Waals surface area contributed by atoms with E-state index in [0.717, 1.165) is 37.2 Å². The van der Waals surface area contributed by atoms with Crippen LogP contribution in [0.25, 0.3) is 0 Å². The van der Waals surface area contributed by atoms with Crippen molar-refractivity contribution in [1.82, 2.24) is 15.2 Å². The average molecular weight is 305 g/mol. The highest BCUT2D eigenvalue weighted by Crippen LogP contribution is 2.22. The molecule has 22 heavy (non-hydrogen) atoms. The number of piperidine rings is 1. The molecule has 1 aliphatic heterocycles. The molecule has 1 aromatic rings. The lowest BCUT2D eigenvalue weighted by atomic mass is 9.93. The fourth-order valence-corrected chi connectivity index (χ4v) is 3.09. The van der Waals surface area contributed by atoms with E-state index < -0.39 is 0 Å². The minimum atomic E-state index is 0.0793. The van der Waals surface area contributed by atoms with Crippen molar-refractivity contribution in [3.05, 3.63) is 23.0 Å². The van der Waals surface area contributed by atoms with Crippen LogP contribution in [0.15, 0.2) is 6.07 Å². The van der Waals surface area contributed by atoms with Gasteiger partial charge in [0.15, 0.2) is 0 Å². The van der Waals surface area contributed by atoms with Crippen molar-refractivity contribution >= 4 is 11.8 Å². The van der Waals surface area contributed by atoms with Crippen LogP contribution >= 0.6 is 0 Å². The zero-order valence-corrected chi connectivity index (χ0v) is 14.0. The van der Waals surface area contributed by atoms with Crippen molar-refractivity contribution < 1.29 is 9.59 Å². The molecule has 2 heterocycles. The lowest BCUT2D eigenvalue weighted by Gasteiger charge is -2.31. The van der Waals surface area contributed by atoms with Gasteiger partial charge in [-0.1, -0.05) is 0 Å². The number of carbonyl (C=O) groups excluding carboxylic acids is 2. The highest BCUT2D eigenvalue weighted by atomic mass is 16.2. The third kappa shape index (κ3) is 4.12. The normalized spacial score (nSPS) is 16.1. The Morgan fingerprint density at radius 1 is 1.32 bits per heavy atom. The molecular weight excluding hydrogens is 278 g/mol. The summed E-state index contributed by atoms with van der Waals surface area (Å²) in [6.07, 6.45) is 2.37. The highest BCUT2D eigenvalue weighted by molar-refractivity contribution is 5.94. The molecule has 5 heteroatoms. The summed E-state index contributed by atoms with van der Waals surface area (Å²) in [5.41, 5.74) is 2.72. The maximum absolute atomic E-state index is 12.5. The van der Waals surface area contributed by atoms with Crippen LogP contribution in [0.2, 0.25) is 0 Å². The fourth-order valence-electron chi connectivity index (χ4n) is 3.09. The summed E-state index contributed by atoms with van der Waals surface area (Å²) in [6.45, 7) is 9.33. The number of hydrogen-bond acceptors (Lipinski definition) is 2. The van der Waals surface area contributed by atoms with Gasteiger partial charge in [-0.15, -0.1) is 0 Å². The van der Waals surface area contributed by atoms with E-state index >= 15 is 0 Å². The molecule has 0 saturated carbocycles. The van der Waals surface area contributed by atoms with E-state index in [1.165, 1.54) is 0 Å². The van der Waals surface area contributed by atoms with Crippen LogP contribution in [0.4, 0.5) is 0 Å². The summed E-state index contributed by atoms with van der Waals surface area (Å²) in [6, 6.07) is 2.18. The second-order valence-corrected chi connectivity index (χ2v) is 6.67. The highest BCUT2D eigenvalue weighted by Gasteiger charge is 2.26. The summed E-state index contributed by atoms with van der Waals surface area (Å²) < 4.78 is 0. The zero-order valence-electron chi connectivity index (χ0n) is 14.0. The van der Waals surface area contributed by atoms with Gasteiger partial charge < -0.3 is 15.2 Å². The molecule has 5 nitrogen and oxygen atoms in total. The second kappa shape index (κ2) is 6.99. The first kappa shape index (κ1) is 16.6. The van der Waals surface area contributed by atoms with Crippen molar-refractivity contribution in [1.29, 1.82) is 0 Å². The first-order valence-corrected chi connectivity index (χ1v) is 8.11. The molecule has 0 aliphatic carbocycles. The molecular formula is C17H27N3O2. The predicted molar refractivity (Wildman–Crippen MR) is 86.8 cm³/mol. The van der Waals surface area contributed by atoms with E-state index in [9.17, 15) is 9.59 Å². The van der Waals surface area contributed by atoms with Crippen molar-refractivity contribution in [2.75, 3.05) is 13.1 Å². The number of rotatable bonds is 4. The fraction of sp³-hybridized carbons (Fsp3) is 0.647. The van der Waals surface area contributed by atoms with E-state index in [4.69, 9.17) is 0 Å². The van der Waals surface area contributed by atoms with Gasteiger partial charge in [-0.3, -0.25) is 9.59 Å². The Labute approximate surface area is 132 Å². The Bertz CT molecular complexity index is 540. The number of likely N-dealkylation sites (tertiary alicyclic amines) is 1. The van der Waals surface area contributed by atoms with Crippen molar-refractivity contribution in [2.45, 2.75) is 53.0 Å². The topological polar surface area (TPSA) is 65.2 Å². The van der Waals surface area contributed by atoms with Crippen molar-refractivity contribution in [3.63, 3.8) is 0 Å². The van der Waals surface area contributed by atoms with Gasteiger partial charge in [-0.2, -0.15) is 0 Å². The predicted octanol–water partition coefficient (Wildman–Crippen LogP) is 2.40. The number of nitrogens with zero attached hydrogens (tertiary/aromatic N) is 1. The van der Waals surface area contributed by atoms with Crippen molar-refractivity contribution in [3.8, 4) is 0 Å². The van der Waals surface area contributed by atoms with Gasteiger partial charge in [-0.25, -0.2) is 0 Å². The lowest BCUT2D eigenvalue weighted by Crippen LogP contribution is -2.40. The molecule has 2 amide bonds. The minimum Gasteiger partial charge on any atom is -0.354 e. The van der Waals surface area contributed by atoms with E-state index in [1.807, 2.05) is 38.7 Å². The molecule has 0 aromatic carbocycles. The molecule has 1 aliphatic rings. The third-order valence-corrected chi connectivity index (χ3v) is 4.19. The van der Waals surface area contributed by atoms with Gasteiger partial charge in [-0.05, 0) is 58.1 Å². The summed E-state index contributed by atoms with van der Waals surface area (Å²) in [4.78, 5) is 29.4. The third-order valence-electron chi connectivity index (χ3n) is 4.19. The van der Waals surface area contributed by atoms with Crippen molar-refractivity contribution in [2.24, 2.45) is 5.92 Å². The Kier molecular flexibility index (Phi) is 5.27.